The maximum atomic E-state index is 11.3. The van der Waals surface area contributed by atoms with Crippen molar-refractivity contribution in [2.75, 3.05) is 12.4 Å². The van der Waals surface area contributed by atoms with Crippen molar-refractivity contribution >= 4 is 32.4 Å². The van der Waals surface area contributed by atoms with Crippen LogP contribution in [0.25, 0.3) is 0 Å². The van der Waals surface area contributed by atoms with Gasteiger partial charge in [0.05, 0.1) is 5.75 Å². The highest BCUT2D eigenvalue weighted by Crippen LogP contribution is 2.36. The van der Waals surface area contributed by atoms with Gasteiger partial charge in [-0.05, 0) is 0 Å². The topological polar surface area (TPSA) is 54.4 Å². The Labute approximate surface area is 79.5 Å². The number of sulfone groups is 1. The molecule has 0 amide bonds. The summed E-state index contributed by atoms with van der Waals surface area (Å²) >= 11 is 1.87. The molecule has 1 heterocycles. The summed E-state index contributed by atoms with van der Waals surface area (Å²) in [7, 11) is -3.03. The van der Waals surface area contributed by atoms with Gasteiger partial charge in [0.1, 0.15) is 2.75 Å². The first kappa shape index (κ1) is 9.47. The second-order valence-corrected chi connectivity index (χ2v) is 7.39. The second kappa shape index (κ2) is 3.02. The van der Waals surface area contributed by atoms with Crippen molar-refractivity contribution in [3.05, 3.63) is 12.2 Å². The highest BCUT2D eigenvalue weighted by molar-refractivity contribution is 14.1. The molecule has 0 aromatic carbocycles. The minimum absolute atomic E-state index is 0.0908. The van der Waals surface area contributed by atoms with Crippen molar-refractivity contribution < 1.29 is 13.5 Å². The number of rotatable bonds is 2. The van der Waals surface area contributed by atoms with Crippen LogP contribution in [0.2, 0.25) is 0 Å². The molecule has 0 saturated heterocycles. The van der Waals surface area contributed by atoms with Crippen LogP contribution in [-0.2, 0) is 9.84 Å². The third-order valence-corrected chi connectivity index (χ3v) is 6.57. The zero-order valence-corrected chi connectivity index (χ0v) is 8.80. The normalized spacial score (nSPS) is 34.4. The molecular formula is C6H9IO3S. The van der Waals surface area contributed by atoms with E-state index in [1.54, 1.807) is 12.2 Å². The van der Waals surface area contributed by atoms with Gasteiger partial charge in [-0.25, -0.2) is 8.42 Å². The Hall–Kier alpha value is 0.380. The van der Waals surface area contributed by atoms with Gasteiger partial charge in [0.25, 0.3) is 0 Å². The molecule has 1 unspecified atom stereocenters. The van der Waals surface area contributed by atoms with E-state index in [-0.39, 0.29) is 18.8 Å². The molecule has 0 radical (unpaired) electrons. The monoisotopic (exact) mass is 288 g/mol. The van der Waals surface area contributed by atoms with E-state index >= 15 is 0 Å². The molecule has 0 bridgehead atoms. The molecule has 1 aliphatic rings. The molecule has 64 valence electrons. The molecule has 1 N–H and O–H groups in total. The van der Waals surface area contributed by atoms with Gasteiger partial charge in [0, 0.05) is 13.0 Å². The summed E-state index contributed by atoms with van der Waals surface area (Å²) in [5.74, 6) is 0.107. The Morgan fingerprint density at radius 2 is 2.27 bits per heavy atom. The SMILES string of the molecule is O=S1(=O)CC=CC1(I)CCO. The van der Waals surface area contributed by atoms with Crippen molar-refractivity contribution in [3.63, 3.8) is 0 Å². The highest BCUT2D eigenvalue weighted by atomic mass is 127. The fourth-order valence-electron chi connectivity index (χ4n) is 0.984. The van der Waals surface area contributed by atoms with Gasteiger partial charge in [-0.15, -0.1) is 0 Å². The molecule has 11 heavy (non-hydrogen) atoms. The lowest BCUT2D eigenvalue weighted by atomic mass is 10.3. The van der Waals surface area contributed by atoms with Gasteiger partial charge in [-0.3, -0.25) is 0 Å². The highest BCUT2D eigenvalue weighted by Gasteiger charge is 2.40. The minimum atomic E-state index is -3.03. The lowest BCUT2D eigenvalue weighted by Gasteiger charge is -2.17. The number of aliphatic hydroxyl groups is 1. The van der Waals surface area contributed by atoms with Crippen LogP contribution in [-0.4, -0.2) is 28.6 Å². The molecule has 1 rings (SSSR count). The Morgan fingerprint density at radius 3 is 2.64 bits per heavy atom. The van der Waals surface area contributed by atoms with Crippen molar-refractivity contribution in [2.24, 2.45) is 0 Å². The van der Waals surface area contributed by atoms with E-state index in [0.717, 1.165) is 0 Å². The summed E-state index contributed by atoms with van der Waals surface area (Å²) in [6, 6.07) is 0. The first-order valence-corrected chi connectivity index (χ1v) is 5.95. The van der Waals surface area contributed by atoms with E-state index in [0.29, 0.717) is 0 Å². The number of alkyl halides is 1. The zero-order chi connectivity index (χ0) is 8.54. The van der Waals surface area contributed by atoms with E-state index in [4.69, 9.17) is 5.11 Å². The van der Waals surface area contributed by atoms with Gasteiger partial charge in [-0.2, -0.15) is 0 Å². The maximum absolute atomic E-state index is 11.3. The molecule has 0 fully saturated rings. The van der Waals surface area contributed by atoms with Crippen LogP contribution >= 0.6 is 22.6 Å². The average molecular weight is 288 g/mol. The van der Waals surface area contributed by atoms with Gasteiger partial charge >= 0.3 is 0 Å². The van der Waals surface area contributed by atoms with Crippen LogP contribution in [0.1, 0.15) is 6.42 Å². The summed E-state index contributed by atoms with van der Waals surface area (Å²) in [6.45, 7) is -0.0908. The number of hydrogen-bond donors (Lipinski definition) is 1. The summed E-state index contributed by atoms with van der Waals surface area (Å²) in [6.07, 6.45) is 3.57. The molecule has 1 atom stereocenters. The third kappa shape index (κ3) is 1.59. The van der Waals surface area contributed by atoms with Gasteiger partial charge in [0.2, 0.25) is 0 Å². The first-order valence-electron chi connectivity index (χ1n) is 3.22. The standard InChI is InChI=1S/C6H9IO3S/c7-6(3-4-8)2-1-5-11(6,9)10/h1-2,8H,3-5H2. The molecule has 0 aromatic rings. The third-order valence-electron chi connectivity index (χ3n) is 1.65. The molecule has 0 spiro atoms. The Bertz CT molecular complexity index is 270. The van der Waals surface area contributed by atoms with E-state index in [1.165, 1.54) is 0 Å². The molecular weight excluding hydrogens is 279 g/mol. The first-order chi connectivity index (χ1) is 5.02. The van der Waals surface area contributed by atoms with Gasteiger partial charge in [-0.1, -0.05) is 34.7 Å². The van der Waals surface area contributed by atoms with Crippen LogP contribution < -0.4 is 0 Å². The molecule has 0 saturated carbocycles. The summed E-state index contributed by atoms with van der Waals surface area (Å²) in [5.41, 5.74) is 0. The fourth-order valence-corrected chi connectivity index (χ4v) is 3.35. The van der Waals surface area contributed by atoms with Crippen molar-refractivity contribution in [2.45, 2.75) is 9.17 Å². The minimum Gasteiger partial charge on any atom is -0.396 e. The largest absolute Gasteiger partial charge is 0.396 e. The number of halogens is 1. The molecule has 0 aliphatic carbocycles. The lowest BCUT2D eigenvalue weighted by molar-refractivity contribution is 0.288. The predicted octanol–water partition coefficient (Wildman–Crippen LogP) is 0.485. The molecule has 0 aromatic heterocycles. The quantitative estimate of drug-likeness (QED) is 0.457. The summed E-state index contributed by atoms with van der Waals surface area (Å²) in [4.78, 5) is 0. The van der Waals surface area contributed by atoms with Crippen molar-refractivity contribution in [3.8, 4) is 0 Å². The van der Waals surface area contributed by atoms with Crippen molar-refractivity contribution in [1.82, 2.24) is 0 Å². The van der Waals surface area contributed by atoms with E-state index in [1.807, 2.05) is 22.6 Å². The second-order valence-electron chi connectivity index (χ2n) is 2.44. The molecule has 5 heteroatoms. The van der Waals surface area contributed by atoms with E-state index in [9.17, 15) is 8.42 Å². The van der Waals surface area contributed by atoms with Gasteiger partial charge in [0.15, 0.2) is 9.84 Å². The van der Waals surface area contributed by atoms with Gasteiger partial charge < -0.3 is 5.11 Å². The van der Waals surface area contributed by atoms with Crippen LogP contribution in [0.15, 0.2) is 12.2 Å². The van der Waals surface area contributed by atoms with E-state index < -0.39 is 12.6 Å². The van der Waals surface area contributed by atoms with Crippen LogP contribution in [0.5, 0.6) is 0 Å². The van der Waals surface area contributed by atoms with E-state index in [2.05, 4.69) is 0 Å². The fraction of sp³-hybridized carbons (Fsp3) is 0.667. The Morgan fingerprint density at radius 1 is 1.64 bits per heavy atom. The zero-order valence-electron chi connectivity index (χ0n) is 5.83. The summed E-state index contributed by atoms with van der Waals surface area (Å²) in [5, 5.41) is 8.62. The smallest absolute Gasteiger partial charge is 0.172 e. The average Bonchev–Trinajstić information content (AvgIpc) is 2.09. The molecule has 3 nitrogen and oxygen atoms in total. The van der Waals surface area contributed by atoms with Crippen LogP contribution in [0.3, 0.4) is 0 Å². The molecule has 1 aliphatic heterocycles. The predicted molar refractivity (Wildman–Crippen MR) is 51.4 cm³/mol. The summed E-state index contributed by atoms with van der Waals surface area (Å²) < 4.78 is 21.7. The van der Waals surface area contributed by atoms with Crippen LogP contribution in [0.4, 0.5) is 0 Å². The number of aliphatic hydroxyl groups excluding tert-OH is 1. The van der Waals surface area contributed by atoms with Crippen LogP contribution in [0, 0.1) is 0 Å². The Kier molecular flexibility index (Phi) is 2.60. The number of hydrogen-bond acceptors (Lipinski definition) is 3. The Balaban J connectivity index is 2.93. The maximum Gasteiger partial charge on any atom is 0.172 e. The lowest BCUT2D eigenvalue weighted by Crippen LogP contribution is -2.28. The van der Waals surface area contributed by atoms with Crippen molar-refractivity contribution in [1.29, 1.82) is 0 Å².